The van der Waals surface area contributed by atoms with Gasteiger partial charge in [-0.25, -0.2) is 4.68 Å². The molecule has 0 saturated heterocycles. The van der Waals surface area contributed by atoms with Gasteiger partial charge in [-0.2, -0.15) is 0 Å². The highest BCUT2D eigenvalue weighted by molar-refractivity contribution is 5.57. The average molecular weight is 390 g/mol. The van der Waals surface area contributed by atoms with Crippen molar-refractivity contribution < 1.29 is 14.2 Å². The van der Waals surface area contributed by atoms with Crippen LogP contribution in [0.25, 0.3) is 11.3 Å². The molecule has 0 saturated carbocycles. The second kappa shape index (κ2) is 11.9. The van der Waals surface area contributed by atoms with Crippen LogP contribution in [0.5, 0.6) is 0 Å². The highest BCUT2D eigenvalue weighted by Gasteiger charge is 2.09. The summed E-state index contributed by atoms with van der Waals surface area (Å²) in [6.07, 6.45) is 4.05. The highest BCUT2D eigenvalue weighted by Crippen LogP contribution is 2.18. The summed E-state index contributed by atoms with van der Waals surface area (Å²) in [7, 11) is 0. The van der Waals surface area contributed by atoms with Crippen molar-refractivity contribution in [1.82, 2.24) is 15.0 Å². The van der Waals surface area contributed by atoms with Gasteiger partial charge in [0.2, 0.25) is 0 Å². The zero-order valence-electron chi connectivity index (χ0n) is 17.8. The Hall–Kier alpha value is -1.76. The number of ether oxygens (including phenoxy) is 3. The number of benzene rings is 1. The lowest BCUT2D eigenvalue weighted by molar-refractivity contribution is 0.00881. The first-order valence-electron chi connectivity index (χ1n) is 10.2. The van der Waals surface area contributed by atoms with Crippen molar-refractivity contribution in [2.24, 2.45) is 5.41 Å². The third kappa shape index (κ3) is 8.95. The van der Waals surface area contributed by atoms with Crippen LogP contribution in [0.15, 0.2) is 30.5 Å². The predicted molar refractivity (Wildman–Crippen MR) is 111 cm³/mol. The van der Waals surface area contributed by atoms with E-state index in [4.69, 9.17) is 14.2 Å². The standard InChI is InChI=1S/C22H35N3O3/c1-5-19-6-8-20(9-7-19)21-18-25(24-23-21)11-13-27-15-17-28-16-14-26-12-10-22(2,3)4/h6-9,18H,5,10-17H2,1-4H3. The van der Waals surface area contributed by atoms with E-state index in [2.05, 4.69) is 62.3 Å². The number of hydrogen-bond donors (Lipinski definition) is 0. The zero-order valence-corrected chi connectivity index (χ0v) is 17.8. The Kier molecular flexibility index (Phi) is 9.61. The molecule has 0 bridgehead atoms. The summed E-state index contributed by atoms with van der Waals surface area (Å²) in [4.78, 5) is 0. The lowest BCUT2D eigenvalue weighted by Crippen LogP contribution is -2.14. The Balaban J connectivity index is 1.50. The average Bonchev–Trinajstić information content (AvgIpc) is 3.14. The molecular weight excluding hydrogens is 354 g/mol. The molecule has 2 aromatic rings. The maximum Gasteiger partial charge on any atom is 0.113 e. The number of hydrogen-bond acceptors (Lipinski definition) is 5. The van der Waals surface area contributed by atoms with Crippen molar-refractivity contribution in [3.05, 3.63) is 36.0 Å². The number of nitrogens with zero attached hydrogens (tertiary/aromatic N) is 3. The first kappa shape index (κ1) is 22.5. The van der Waals surface area contributed by atoms with Gasteiger partial charge in [-0.3, -0.25) is 0 Å². The molecule has 0 radical (unpaired) electrons. The lowest BCUT2D eigenvalue weighted by atomic mass is 9.93. The van der Waals surface area contributed by atoms with Crippen LogP contribution in [-0.4, -0.2) is 54.6 Å². The van der Waals surface area contributed by atoms with E-state index in [1.807, 2.05) is 10.9 Å². The van der Waals surface area contributed by atoms with Crippen molar-refractivity contribution in [1.29, 1.82) is 0 Å². The summed E-state index contributed by atoms with van der Waals surface area (Å²) in [6, 6.07) is 8.45. The molecule has 0 aliphatic rings. The lowest BCUT2D eigenvalue weighted by Gasteiger charge is -2.17. The summed E-state index contributed by atoms with van der Waals surface area (Å²) < 4.78 is 18.5. The molecule has 1 aromatic carbocycles. The van der Waals surface area contributed by atoms with Gasteiger partial charge in [-0.05, 0) is 23.8 Å². The molecule has 0 unspecified atom stereocenters. The van der Waals surface area contributed by atoms with E-state index in [-0.39, 0.29) is 0 Å². The first-order valence-corrected chi connectivity index (χ1v) is 10.2. The third-order valence-electron chi connectivity index (χ3n) is 4.40. The van der Waals surface area contributed by atoms with Crippen LogP contribution in [0, 0.1) is 5.41 Å². The first-order chi connectivity index (χ1) is 13.5. The van der Waals surface area contributed by atoms with E-state index in [1.54, 1.807) is 0 Å². The van der Waals surface area contributed by atoms with Crippen molar-refractivity contribution in [2.75, 3.05) is 39.6 Å². The molecule has 2 rings (SSSR count). The molecule has 156 valence electrons. The topological polar surface area (TPSA) is 58.4 Å². The minimum Gasteiger partial charge on any atom is -0.379 e. The second-order valence-electron chi connectivity index (χ2n) is 8.07. The molecule has 28 heavy (non-hydrogen) atoms. The van der Waals surface area contributed by atoms with Crippen LogP contribution in [0.4, 0.5) is 0 Å². The van der Waals surface area contributed by atoms with Gasteiger partial charge in [0, 0.05) is 12.2 Å². The van der Waals surface area contributed by atoms with Crippen molar-refractivity contribution in [3.8, 4) is 11.3 Å². The van der Waals surface area contributed by atoms with Gasteiger partial charge in [0.15, 0.2) is 0 Å². The highest BCUT2D eigenvalue weighted by atomic mass is 16.5. The Morgan fingerprint density at radius 3 is 2.07 bits per heavy atom. The smallest absolute Gasteiger partial charge is 0.113 e. The van der Waals surface area contributed by atoms with Gasteiger partial charge < -0.3 is 14.2 Å². The fourth-order valence-electron chi connectivity index (χ4n) is 2.53. The summed E-state index contributed by atoms with van der Waals surface area (Å²) in [5.41, 5.74) is 3.61. The molecule has 1 aromatic heterocycles. The zero-order chi connectivity index (χ0) is 20.2. The molecule has 6 heteroatoms. The Bertz CT molecular complexity index is 662. The number of aromatic nitrogens is 3. The summed E-state index contributed by atoms with van der Waals surface area (Å²) in [5.74, 6) is 0. The van der Waals surface area contributed by atoms with E-state index in [0.717, 1.165) is 30.7 Å². The quantitative estimate of drug-likeness (QED) is 0.485. The fraction of sp³-hybridized carbons (Fsp3) is 0.636. The maximum absolute atomic E-state index is 5.60. The Morgan fingerprint density at radius 2 is 1.46 bits per heavy atom. The molecule has 0 N–H and O–H groups in total. The van der Waals surface area contributed by atoms with E-state index >= 15 is 0 Å². The van der Waals surface area contributed by atoms with Gasteiger partial charge in [-0.15, -0.1) is 5.10 Å². The minimum atomic E-state index is 0.319. The van der Waals surface area contributed by atoms with Crippen LogP contribution in [0.3, 0.4) is 0 Å². The van der Waals surface area contributed by atoms with Gasteiger partial charge in [0.05, 0.1) is 45.8 Å². The third-order valence-corrected chi connectivity index (χ3v) is 4.40. The second-order valence-corrected chi connectivity index (χ2v) is 8.07. The summed E-state index contributed by atoms with van der Waals surface area (Å²) in [6.45, 7) is 13.2. The summed E-state index contributed by atoms with van der Waals surface area (Å²) in [5, 5.41) is 8.41. The molecule has 0 aliphatic carbocycles. The largest absolute Gasteiger partial charge is 0.379 e. The molecule has 0 fully saturated rings. The van der Waals surface area contributed by atoms with Crippen LogP contribution >= 0.6 is 0 Å². The molecule has 0 spiro atoms. The summed E-state index contributed by atoms with van der Waals surface area (Å²) >= 11 is 0. The van der Waals surface area contributed by atoms with Crippen molar-refractivity contribution >= 4 is 0 Å². The van der Waals surface area contributed by atoms with Crippen molar-refractivity contribution in [2.45, 2.75) is 47.1 Å². The number of aryl methyl sites for hydroxylation is 1. The predicted octanol–water partition coefficient (Wildman–Crippen LogP) is 3.99. The molecule has 0 aliphatic heterocycles. The van der Waals surface area contributed by atoms with E-state index in [9.17, 15) is 0 Å². The Labute approximate surface area is 169 Å². The van der Waals surface area contributed by atoms with Gasteiger partial charge >= 0.3 is 0 Å². The maximum atomic E-state index is 5.60. The minimum absolute atomic E-state index is 0.319. The van der Waals surface area contributed by atoms with Crippen LogP contribution in [0.1, 0.15) is 39.7 Å². The SMILES string of the molecule is CCc1ccc(-c2cn(CCOCCOCCOCCC(C)(C)C)nn2)cc1. The monoisotopic (exact) mass is 389 g/mol. The molecular formula is C22H35N3O3. The molecule has 6 nitrogen and oxygen atoms in total. The van der Waals surface area contributed by atoms with Gasteiger partial charge in [0.1, 0.15) is 5.69 Å². The van der Waals surface area contributed by atoms with Crippen LogP contribution in [0.2, 0.25) is 0 Å². The van der Waals surface area contributed by atoms with E-state index in [1.165, 1.54) is 5.56 Å². The molecule has 1 heterocycles. The van der Waals surface area contributed by atoms with E-state index in [0.29, 0.717) is 45.0 Å². The van der Waals surface area contributed by atoms with Crippen LogP contribution in [-0.2, 0) is 27.2 Å². The molecule has 0 atom stereocenters. The van der Waals surface area contributed by atoms with Gasteiger partial charge in [0.25, 0.3) is 0 Å². The fourth-order valence-corrected chi connectivity index (χ4v) is 2.53. The van der Waals surface area contributed by atoms with Crippen molar-refractivity contribution in [3.63, 3.8) is 0 Å². The molecule has 0 amide bonds. The van der Waals surface area contributed by atoms with E-state index < -0.39 is 0 Å². The van der Waals surface area contributed by atoms with Gasteiger partial charge in [-0.1, -0.05) is 57.2 Å². The normalized spacial score (nSPS) is 11.9. The Morgan fingerprint density at radius 1 is 0.857 bits per heavy atom. The number of rotatable bonds is 13. The van der Waals surface area contributed by atoms with Crippen LogP contribution < -0.4 is 0 Å².